The van der Waals surface area contributed by atoms with Gasteiger partial charge in [0, 0.05) is 6.54 Å². The summed E-state index contributed by atoms with van der Waals surface area (Å²) in [6.07, 6.45) is 1.62. The minimum absolute atomic E-state index is 0.454. The maximum Gasteiger partial charge on any atom is 0.187 e. The molecule has 2 aromatic rings. The molecule has 21 heavy (non-hydrogen) atoms. The van der Waals surface area contributed by atoms with E-state index in [1.807, 2.05) is 36.4 Å². The minimum Gasteiger partial charge on any atom is -0.357 e. The summed E-state index contributed by atoms with van der Waals surface area (Å²) < 4.78 is 0. The fourth-order valence-electron chi connectivity index (χ4n) is 1.58. The van der Waals surface area contributed by atoms with E-state index in [0.717, 1.165) is 11.1 Å². The number of halogens is 2. The van der Waals surface area contributed by atoms with Crippen LogP contribution >= 0.6 is 35.4 Å². The maximum atomic E-state index is 5.92. The Morgan fingerprint density at radius 3 is 2.57 bits per heavy atom. The molecule has 3 nitrogen and oxygen atoms in total. The van der Waals surface area contributed by atoms with Crippen LogP contribution in [0.3, 0.4) is 0 Å². The van der Waals surface area contributed by atoms with E-state index < -0.39 is 0 Å². The molecule has 0 radical (unpaired) electrons. The van der Waals surface area contributed by atoms with Gasteiger partial charge in [0.2, 0.25) is 0 Å². The first kappa shape index (κ1) is 15.8. The van der Waals surface area contributed by atoms with Crippen LogP contribution in [0.5, 0.6) is 0 Å². The number of thiocarbonyl (C=S) groups is 1. The molecule has 0 amide bonds. The van der Waals surface area contributed by atoms with Crippen molar-refractivity contribution >= 4 is 46.7 Å². The molecular formula is C15H13Cl2N3S. The van der Waals surface area contributed by atoms with Gasteiger partial charge in [-0.3, -0.25) is 5.43 Å². The summed E-state index contributed by atoms with van der Waals surface area (Å²) in [6.45, 7) is 0.648. The number of nitrogens with zero attached hydrogens (tertiary/aromatic N) is 1. The van der Waals surface area contributed by atoms with E-state index in [0.29, 0.717) is 21.7 Å². The molecule has 108 valence electrons. The topological polar surface area (TPSA) is 36.4 Å². The standard InChI is InChI=1S/C15H13Cl2N3S/c16-13-7-6-12(8-14(13)17)10-19-20-15(21)18-9-11-4-2-1-3-5-11/h1-8,10H,9H2,(H2,18,20,21). The Morgan fingerprint density at radius 2 is 1.86 bits per heavy atom. The van der Waals surface area contributed by atoms with Crippen molar-refractivity contribution in [3.63, 3.8) is 0 Å². The van der Waals surface area contributed by atoms with E-state index in [4.69, 9.17) is 35.4 Å². The van der Waals surface area contributed by atoms with Gasteiger partial charge < -0.3 is 5.32 Å². The second-order valence-electron chi connectivity index (χ2n) is 4.21. The highest BCUT2D eigenvalue weighted by molar-refractivity contribution is 7.80. The van der Waals surface area contributed by atoms with Gasteiger partial charge in [0.05, 0.1) is 16.3 Å². The molecular weight excluding hydrogens is 325 g/mol. The Labute approximate surface area is 139 Å². The van der Waals surface area contributed by atoms with Crippen molar-refractivity contribution in [2.24, 2.45) is 5.10 Å². The van der Waals surface area contributed by atoms with Crippen LogP contribution in [0.1, 0.15) is 11.1 Å². The number of benzene rings is 2. The number of hydrazone groups is 1. The fourth-order valence-corrected chi connectivity index (χ4v) is 2.01. The molecule has 2 rings (SSSR count). The summed E-state index contributed by atoms with van der Waals surface area (Å²) in [7, 11) is 0. The summed E-state index contributed by atoms with van der Waals surface area (Å²) in [4.78, 5) is 0. The smallest absolute Gasteiger partial charge is 0.187 e. The van der Waals surface area contributed by atoms with E-state index in [1.165, 1.54) is 0 Å². The van der Waals surface area contributed by atoms with Gasteiger partial charge in [-0.25, -0.2) is 0 Å². The second-order valence-corrected chi connectivity index (χ2v) is 5.43. The van der Waals surface area contributed by atoms with Crippen LogP contribution < -0.4 is 10.7 Å². The third-order valence-electron chi connectivity index (χ3n) is 2.62. The van der Waals surface area contributed by atoms with Crippen LogP contribution in [0.2, 0.25) is 10.0 Å². The first-order valence-corrected chi connectivity index (χ1v) is 7.37. The van der Waals surface area contributed by atoms with Crippen LogP contribution in [-0.4, -0.2) is 11.3 Å². The first-order chi connectivity index (χ1) is 10.1. The number of hydrogen-bond donors (Lipinski definition) is 2. The van der Waals surface area contributed by atoms with Crippen molar-refractivity contribution in [2.45, 2.75) is 6.54 Å². The molecule has 0 spiro atoms. The molecule has 0 unspecified atom stereocenters. The predicted octanol–water partition coefficient (Wildman–Crippen LogP) is 3.99. The lowest BCUT2D eigenvalue weighted by atomic mass is 10.2. The van der Waals surface area contributed by atoms with E-state index in [2.05, 4.69) is 15.8 Å². The zero-order chi connectivity index (χ0) is 15.1. The normalized spacial score (nSPS) is 10.6. The zero-order valence-corrected chi connectivity index (χ0v) is 13.3. The van der Waals surface area contributed by atoms with Crippen LogP contribution in [0, 0.1) is 0 Å². The van der Waals surface area contributed by atoms with Crippen LogP contribution in [0.25, 0.3) is 0 Å². The molecule has 0 aliphatic heterocycles. The number of hydrogen-bond acceptors (Lipinski definition) is 2. The molecule has 0 aromatic heterocycles. The molecule has 0 saturated heterocycles. The van der Waals surface area contributed by atoms with Gasteiger partial charge in [-0.2, -0.15) is 5.10 Å². The molecule has 0 atom stereocenters. The van der Waals surface area contributed by atoms with Gasteiger partial charge >= 0.3 is 0 Å². The highest BCUT2D eigenvalue weighted by Gasteiger charge is 1.97. The lowest BCUT2D eigenvalue weighted by Gasteiger charge is -2.06. The number of nitrogens with one attached hydrogen (secondary N) is 2. The third-order valence-corrected chi connectivity index (χ3v) is 3.59. The van der Waals surface area contributed by atoms with E-state index in [1.54, 1.807) is 18.3 Å². The van der Waals surface area contributed by atoms with Crippen molar-refractivity contribution in [1.29, 1.82) is 0 Å². The molecule has 0 aliphatic rings. The quantitative estimate of drug-likeness (QED) is 0.503. The Kier molecular flexibility index (Phi) is 5.99. The fraction of sp³-hybridized carbons (Fsp3) is 0.0667. The summed E-state index contributed by atoms with van der Waals surface area (Å²) in [5.41, 5.74) is 4.73. The van der Waals surface area contributed by atoms with E-state index in [9.17, 15) is 0 Å². The summed E-state index contributed by atoms with van der Waals surface area (Å²) in [6, 6.07) is 15.3. The first-order valence-electron chi connectivity index (χ1n) is 6.21. The van der Waals surface area contributed by atoms with Crippen LogP contribution in [0.4, 0.5) is 0 Å². The van der Waals surface area contributed by atoms with E-state index >= 15 is 0 Å². The van der Waals surface area contributed by atoms with Crippen molar-refractivity contribution in [2.75, 3.05) is 0 Å². The van der Waals surface area contributed by atoms with Gasteiger partial charge in [-0.1, -0.05) is 59.6 Å². The highest BCUT2D eigenvalue weighted by atomic mass is 35.5. The third kappa shape index (κ3) is 5.34. The van der Waals surface area contributed by atoms with Gasteiger partial charge in [-0.05, 0) is 35.5 Å². The average molecular weight is 338 g/mol. The van der Waals surface area contributed by atoms with Crippen molar-refractivity contribution in [1.82, 2.24) is 10.7 Å². The lowest BCUT2D eigenvalue weighted by Crippen LogP contribution is -2.31. The molecule has 0 aliphatic carbocycles. The highest BCUT2D eigenvalue weighted by Crippen LogP contribution is 2.21. The molecule has 0 saturated carbocycles. The molecule has 0 fully saturated rings. The number of rotatable bonds is 4. The van der Waals surface area contributed by atoms with Crippen LogP contribution in [0.15, 0.2) is 53.6 Å². The van der Waals surface area contributed by atoms with Crippen molar-refractivity contribution in [3.8, 4) is 0 Å². The Hall–Kier alpha value is -1.62. The van der Waals surface area contributed by atoms with Gasteiger partial charge in [0.15, 0.2) is 5.11 Å². The van der Waals surface area contributed by atoms with Gasteiger partial charge in [0.1, 0.15) is 0 Å². The SMILES string of the molecule is S=C(NCc1ccccc1)NN=Cc1ccc(Cl)c(Cl)c1. The predicted molar refractivity (Wildman–Crippen MR) is 93.1 cm³/mol. The summed E-state index contributed by atoms with van der Waals surface area (Å²) in [5.74, 6) is 0. The maximum absolute atomic E-state index is 5.92. The van der Waals surface area contributed by atoms with Crippen LogP contribution in [-0.2, 0) is 6.54 Å². The van der Waals surface area contributed by atoms with Crippen molar-refractivity contribution < 1.29 is 0 Å². The Balaban J connectivity index is 1.80. The summed E-state index contributed by atoms with van der Waals surface area (Å²) >= 11 is 16.9. The Bertz CT molecular complexity index is 645. The molecule has 0 bridgehead atoms. The molecule has 0 heterocycles. The monoisotopic (exact) mass is 337 g/mol. The molecule has 6 heteroatoms. The van der Waals surface area contributed by atoms with E-state index in [-0.39, 0.29) is 0 Å². The van der Waals surface area contributed by atoms with Gasteiger partial charge in [0.25, 0.3) is 0 Å². The largest absolute Gasteiger partial charge is 0.357 e. The van der Waals surface area contributed by atoms with Gasteiger partial charge in [-0.15, -0.1) is 0 Å². The minimum atomic E-state index is 0.454. The zero-order valence-electron chi connectivity index (χ0n) is 11.0. The Morgan fingerprint density at radius 1 is 1.10 bits per heavy atom. The summed E-state index contributed by atoms with van der Waals surface area (Å²) in [5, 5.41) is 8.57. The lowest BCUT2D eigenvalue weighted by molar-refractivity contribution is 0.869. The second kappa shape index (κ2) is 7.98. The average Bonchev–Trinajstić information content (AvgIpc) is 2.50. The molecule has 2 aromatic carbocycles. The molecule has 2 N–H and O–H groups in total. The van der Waals surface area contributed by atoms with Crippen molar-refractivity contribution in [3.05, 3.63) is 69.7 Å².